The Labute approximate surface area is 76.1 Å². The molecule has 0 atom stereocenters. The standard InChI is InChI=1S/C9H10ClFO/c10-5-2-6-12-9-4-1-3-8(11)7-9/h1,3-4,7H,2,5-6H2. The molecule has 0 aliphatic rings. The fraction of sp³-hybridized carbons (Fsp3) is 0.333. The highest BCUT2D eigenvalue weighted by molar-refractivity contribution is 6.17. The van der Waals surface area contributed by atoms with Crippen LogP contribution in [-0.4, -0.2) is 12.5 Å². The summed E-state index contributed by atoms with van der Waals surface area (Å²) in [5, 5.41) is 0. The Bertz CT molecular complexity index is 240. The van der Waals surface area contributed by atoms with E-state index in [2.05, 4.69) is 0 Å². The maximum atomic E-state index is 12.6. The molecule has 0 aliphatic heterocycles. The number of hydrogen-bond donors (Lipinski definition) is 0. The summed E-state index contributed by atoms with van der Waals surface area (Å²) in [7, 11) is 0. The van der Waals surface area contributed by atoms with Gasteiger partial charge in [-0.1, -0.05) is 6.07 Å². The molecule has 1 rings (SSSR count). The molecule has 0 heterocycles. The highest BCUT2D eigenvalue weighted by atomic mass is 35.5. The lowest BCUT2D eigenvalue weighted by molar-refractivity contribution is 0.316. The SMILES string of the molecule is Fc1cccc(OCCCCl)c1. The van der Waals surface area contributed by atoms with Gasteiger partial charge in [0.1, 0.15) is 11.6 Å². The van der Waals surface area contributed by atoms with Crippen molar-refractivity contribution in [1.82, 2.24) is 0 Å². The summed E-state index contributed by atoms with van der Waals surface area (Å²) in [6.45, 7) is 0.535. The van der Waals surface area contributed by atoms with Gasteiger partial charge in [-0.25, -0.2) is 4.39 Å². The van der Waals surface area contributed by atoms with Crippen LogP contribution in [0.2, 0.25) is 0 Å². The van der Waals surface area contributed by atoms with E-state index in [1.54, 1.807) is 12.1 Å². The maximum absolute atomic E-state index is 12.6. The molecule has 12 heavy (non-hydrogen) atoms. The molecule has 0 unspecified atom stereocenters. The van der Waals surface area contributed by atoms with Crippen molar-refractivity contribution in [2.75, 3.05) is 12.5 Å². The van der Waals surface area contributed by atoms with Crippen LogP contribution >= 0.6 is 11.6 Å². The van der Waals surface area contributed by atoms with Gasteiger partial charge in [0.15, 0.2) is 0 Å². The first-order valence-electron chi connectivity index (χ1n) is 3.77. The number of halogens is 2. The smallest absolute Gasteiger partial charge is 0.126 e. The van der Waals surface area contributed by atoms with E-state index < -0.39 is 0 Å². The van der Waals surface area contributed by atoms with E-state index in [9.17, 15) is 4.39 Å². The first-order valence-corrected chi connectivity index (χ1v) is 4.30. The van der Waals surface area contributed by atoms with Crippen molar-refractivity contribution in [1.29, 1.82) is 0 Å². The van der Waals surface area contributed by atoms with Crippen molar-refractivity contribution in [3.8, 4) is 5.75 Å². The van der Waals surface area contributed by atoms with E-state index in [1.807, 2.05) is 0 Å². The molecular weight excluding hydrogens is 179 g/mol. The van der Waals surface area contributed by atoms with Gasteiger partial charge in [0.25, 0.3) is 0 Å². The van der Waals surface area contributed by atoms with E-state index in [0.29, 0.717) is 18.2 Å². The first kappa shape index (κ1) is 9.33. The molecule has 3 heteroatoms. The Morgan fingerprint density at radius 1 is 1.42 bits per heavy atom. The second-order valence-electron chi connectivity index (χ2n) is 2.35. The molecule has 0 saturated carbocycles. The van der Waals surface area contributed by atoms with Gasteiger partial charge in [0.2, 0.25) is 0 Å². The molecule has 1 aromatic rings. The zero-order chi connectivity index (χ0) is 8.81. The van der Waals surface area contributed by atoms with Gasteiger partial charge in [-0.05, 0) is 18.6 Å². The lowest BCUT2D eigenvalue weighted by Crippen LogP contribution is -1.97. The zero-order valence-corrected chi connectivity index (χ0v) is 7.35. The van der Waals surface area contributed by atoms with Crippen molar-refractivity contribution >= 4 is 11.6 Å². The molecule has 0 radical (unpaired) electrons. The van der Waals surface area contributed by atoms with Gasteiger partial charge >= 0.3 is 0 Å². The third-order valence-corrected chi connectivity index (χ3v) is 1.61. The molecular formula is C9H10ClFO. The normalized spacial score (nSPS) is 9.83. The van der Waals surface area contributed by atoms with Gasteiger partial charge in [-0.15, -0.1) is 11.6 Å². The molecule has 1 nitrogen and oxygen atoms in total. The highest BCUT2D eigenvalue weighted by Crippen LogP contribution is 2.11. The average Bonchev–Trinajstić information content (AvgIpc) is 2.05. The number of benzene rings is 1. The lowest BCUT2D eigenvalue weighted by Gasteiger charge is -2.03. The minimum Gasteiger partial charge on any atom is -0.493 e. The van der Waals surface area contributed by atoms with Crippen LogP contribution in [0.5, 0.6) is 5.75 Å². The lowest BCUT2D eigenvalue weighted by atomic mass is 10.3. The van der Waals surface area contributed by atoms with Crippen LogP contribution in [0.1, 0.15) is 6.42 Å². The van der Waals surface area contributed by atoms with Crippen molar-refractivity contribution in [2.24, 2.45) is 0 Å². The molecule has 0 spiro atoms. The first-order chi connectivity index (χ1) is 5.83. The molecule has 0 bridgehead atoms. The third-order valence-electron chi connectivity index (χ3n) is 1.34. The van der Waals surface area contributed by atoms with Crippen molar-refractivity contribution in [3.63, 3.8) is 0 Å². The minimum atomic E-state index is -0.279. The predicted octanol–water partition coefficient (Wildman–Crippen LogP) is 2.83. The van der Waals surface area contributed by atoms with Gasteiger partial charge in [0.05, 0.1) is 6.61 Å². The van der Waals surface area contributed by atoms with E-state index >= 15 is 0 Å². The van der Waals surface area contributed by atoms with E-state index in [0.717, 1.165) is 6.42 Å². The molecule has 0 aromatic heterocycles. The molecule has 0 aliphatic carbocycles. The number of alkyl halides is 1. The van der Waals surface area contributed by atoms with Crippen molar-refractivity contribution < 1.29 is 9.13 Å². The largest absolute Gasteiger partial charge is 0.493 e. The van der Waals surface area contributed by atoms with Crippen LogP contribution < -0.4 is 4.74 Å². The third kappa shape index (κ3) is 3.09. The van der Waals surface area contributed by atoms with Crippen LogP contribution in [0.4, 0.5) is 4.39 Å². The maximum Gasteiger partial charge on any atom is 0.126 e. The highest BCUT2D eigenvalue weighted by Gasteiger charge is 1.94. The second kappa shape index (κ2) is 4.99. The van der Waals surface area contributed by atoms with Gasteiger partial charge < -0.3 is 4.74 Å². The van der Waals surface area contributed by atoms with Crippen molar-refractivity contribution in [2.45, 2.75) is 6.42 Å². The second-order valence-corrected chi connectivity index (χ2v) is 2.73. The van der Waals surface area contributed by atoms with Gasteiger partial charge in [-0.2, -0.15) is 0 Å². The van der Waals surface area contributed by atoms with Crippen LogP contribution in [0.15, 0.2) is 24.3 Å². The quantitative estimate of drug-likeness (QED) is 0.522. The molecule has 1 aromatic carbocycles. The monoisotopic (exact) mass is 188 g/mol. The average molecular weight is 189 g/mol. The Morgan fingerprint density at radius 3 is 2.92 bits per heavy atom. The van der Waals surface area contributed by atoms with Crippen LogP contribution in [0, 0.1) is 5.82 Å². The van der Waals surface area contributed by atoms with E-state index in [4.69, 9.17) is 16.3 Å². The number of rotatable bonds is 4. The fourth-order valence-electron chi connectivity index (χ4n) is 0.801. The Morgan fingerprint density at radius 2 is 2.25 bits per heavy atom. The van der Waals surface area contributed by atoms with Crippen molar-refractivity contribution in [3.05, 3.63) is 30.1 Å². The molecule has 66 valence electrons. The zero-order valence-electron chi connectivity index (χ0n) is 6.59. The molecule has 0 N–H and O–H groups in total. The van der Waals surface area contributed by atoms with E-state index in [1.165, 1.54) is 12.1 Å². The van der Waals surface area contributed by atoms with Crippen LogP contribution in [0.3, 0.4) is 0 Å². The van der Waals surface area contributed by atoms with Crippen LogP contribution in [-0.2, 0) is 0 Å². The summed E-state index contributed by atoms with van der Waals surface area (Å²) >= 11 is 5.44. The molecule has 0 amide bonds. The Hall–Kier alpha value is -0.760. The summed E-state index contributed by atoms with van der Waals surface area (Å²) < 4.78 is 17.8. The fourth-order valence-corrected chi connectivity index (χ4v) is 0.910. The molecule has 0 saturated heterocycles. The number of ether oxygens (including phenoxy) is 1. The van der Waals surface area contributed by atoms with Crippen LogP contribution in [0.25, 0.3) is 0 Å². The summed E-state index contributed by atoms with van der Waals surface area (Å²) in [5.41, 5.74) is 0. The Balaban J connectivity index is 2.41. The Kier molecular flexibility index (Phi) is 3.88. The summed E-state index contributed by atoms with van der Waals surface area (Å²) in [5.74, 6) is 0.841. The van der Waals surface area contributed by atoms with Gasteiger partial charge in [0, 0.05) is 11.9 Å². The summed E-state index contributed by atoms with van der Waals surface area (Å²) in [6.07, 6.45) is 0.776. The van der Waals surface area contributed by atoms with E-state index in [-0.39, 0.29) is 5.82 Å². The predicted molar refractivity (Wildman–Crippen MR) is 47.2 cm³/mol. The minimum absolute atomic E-state index is 0.279. The topological polar surface area (TPSA) is 9.23 Å². The summed E-state index contributed by atoms with van der Waals surface area (Å²) in [4.78, 5) is 0. The molecule has 0 fully saturated rings. The summed E-state index contributed by atoms with van der Waals surface area (Å²) in [6, 6.07) is 6.07. The number of hydrogen-bond acceptors (Lipinski definition) is 1. The van der Waals surface area contributed by atoms with Gasteiger partial charge in [-0.3, -0.25) is 0 Å².